The molecular formula is C20H20F3NO2S. The molecule has 2 aromatic carbocycles. The molecule has 0 amide bonds. The summed E-state index contributed by atoms with van der Waals surface area (Å²) in [5.74, 6) is -3.01. The van der Waals surface area contributed by atoms with E-state index in [0.717, 1.165) is 0 Å². The van der Waals surface area contributed by atoms with Gasteiger partial charge in [-0.15, -0.1) is 0 Å². The van der Waals surface area contributed by atoms with E-state index in [2.05, 4.69) is 79.2 Å². The molecule has 1 aromatic heterocycles. The molecule has 0 saturated heterocycles. The van der Waals surface area contributed by atoms with Crippen LogP contribution >= 0.6 is 11.3 Å². The second-order valence-electron chi connectivity index (χ2n) is 5.38. The first-order valence-electron chi connectivity index (χ1n) is 7.60. The number of carbonyl (C=O) groups excluding carboxylic acids is 1. The predicted molar refractivity (Wildman–Crippen MR) is 98.9 cm³/mol. The minimum absolute atomic E-state index is 0. The Morgan fingerprint density at radius 1 is 0.963 bits per heavy atom. The predicted octanol–water partition coefficient (Wildman–Crippen LogP) is 4.15. The Labute approximate surface area is 160 Å². The number of aliphatic carboxylic acids is 1. The Hall–Kier alpha value is -2.67. The summed E-state index contributed by atoms with van der Waals surface area (Å²) in [7, 11) is 2.14. The third-order valence-corrected chi connectivity index (χ3v) is 4.79. The molecule has 0 saturated carbocycles. The van der Waals surface area contributed by atoms with Gasteiger partial charge >= 0.3 is 6.18 Å². The fourth-order valence-electron chi connectivity index (χ4n) is 2.28. The van der Waals surface area contributed by atoms with Crippen LogP contribution in [0.15, 0.2) is 60.7 Å². The maximum absolute atomic E-state index is 10.5. The van der Waals surface area contributed by atoms with Gasteiger partial charge < -0.3 is 9.90 Å². The number of carboxylic acid groups (broad SMARTS) is 1. The van der Waals surface area contributed by atoms with Crippen molar-refractivity contribution in [3.05, 3.63) is 65.7 Å². The molecule has 3 aromatic rings. The third kappa shape index (κ3) is 5.65. The molecule has 3 nitrogen and oxygen atoms in total. The van der Waals surface area contributed by atoms with Gasteiger partial charge in [0.25, 0.3) is 0 Å². The number of nitrogens with zero attached hydrogens (tertiary/aromatic N) is 1. The highest BCUT2D eigenvalue weighted by Crippen LogP contribution is 2.34. The molecule has 7 heteroatoms. The van der Waals surface area contributed by atoms with Gasteiger partial charge in [-0.1, -0.05) is 67.3 Å². The molecule has 0 bridgehead atoms. The first-order chi connectivity index (χ1) is 12.2. The maximum atomic E-state index is 10.5. The molecule has 0 aliphatic heterocycles. The molecule has 3 rings (SSSR count). The summed E-state index contributed by atoms with van der Waals surface area (Å²) in [6.45, 7) is 2.17. The summed E-state index contributed by atoms with van der Waals surface area (Å²) in [5.41, 5.74) is 3.86. The summed E-state index contributed by atoms with van der Waals surface area (Å²) in [6, 6.07) is 21.2. The van der Waals surface area contributed by atoms with Crippen molar-refractivity contribution < 1.29 is 27.6 Å². The molecule has 0 N–H and O–H groups in total. The SMILES string of the molecule is C.Cc1sc(-c2ccccc2)c(-c2ccccc2)[n+]1C.O=C([O-])C(F)(F)F. The molecule has 1 heterocycles. The van der Waals surface area contributed by atoms with Crippen molar-refractivity contribution in [3.63, 3.8) is 0 Å². The maximum Gasteiger partial charge on any atom is 0.430 e. The van der Waals surface area contributed by atoms with Gasteiger partial charge in [-0.25, -0.2) is 0 Å². The van der Waals surface area contributed by atoms with E-state index in [9.17, 15) is 13.2 Å². The summed E-state index contributed by atoms with van der Waals surface area (Å²) in [4.78, 5) is 10.1. The van der Waals surface area contributed by atoms with Crippen molar-refractivity contribution in [2.45, 2.75) is 20.5 Å². The van der Waals surface area contributed by atoms with Crippen LogP contribution in [-0.4, -0.2) is 12.1 Å². The highest BCUT2D eigenvalue weighted by atomic mass is 32.1. The third-order valence-electron chi connectivity index (χ3n) is 3.59. The van der Waals surface area contributed by atoms with Crippen molar-refractivity contribution in [2.75, 3.05) is 0 Å². The number of aryl methyl sites for hydroxylation is 1. The molecule has 0 fully saturated rings. The molecular weight excluding hydrogens is 375 g/mol. The van der Waals surface area contributed by atoms with Crippen LogP contribution in [-0.2, 0) is 11.8 Å². The number of benzene rings is 2. The lowest BCUT2D eigenvalue weighted by Gasteiger charge is -2.03. The van der Waals surface area contributed by atoms with Crippen LogP contribution in [0, 0.1) is 6.92 Å². The lowest BCUT2D eigenvalue weighted by molar-refractivity contribution is -0.661. The zero-order valence-electron chi connectivity index (χ0n) is 14.1. The van der Waals surface area contributed by atoms with Crippen molar-refractivity contribution in [1.29, 1.82) is 0 Å². The number of hydrogen-bond donors (Lipinski definition) is 0. The fraction of sp³-hybridized carbons (Fsp3) is 0.200. The average Bonchev–Trinajstić information content (AvgIpc) is 2.91. The van der Waals surface area contributed by atoms with E-state index in [-0.39, 0.29) is 7.43 Å². The molecule has 0 radical (unpaired) electrons. The lowest BCUT2D eigenvalue weighted by atomic mass is 10.1. The number of halogens is 3. The normalized spacial score (nSPS) is 10.4. The standard InChI is InChI=1S/C17H16NS.C2HF3O2.CH4/c1-13-18(2)16(14-9-5-3-6-10-14)17(19-13)15-11-7-4-8-12-15;3-2(4,5)1(6)7;/h3-12H,1-2H3;(H,6,7);1H4/q+1;;/p-1. The van der Waals surface area contributed by atoms with E-state index >= 15 is 0 Å². The van der Waals surface area contributed by atoms with E-state index in [4.69, 9.17) is 9.90 Å². The Kier molecular flexibility index (Phi) is 7.72. The lowest BCUT2D eigenvalue weighted by Crippen LogP contribution is -2.37. The van der Waals surface area contributed by atoms with Gasteiger partial charge in [-0.2, -0.15) is 17.7 Å². The Morgan fingerprint density at radius 2 is 1.37 bits per heavy atom. The number of alkyl halides is 3. The van der Waals surface area contributed by atoms with Crippen LogP contribution < -0.4 is 9.67 Å². The number of hydrogen-bond acceptors (Lipinski definition) is 3. The van der Waals surface area contributed by atoms with Crippen LogP contribution in [0.5, 0.6) is 0 Å². The van der Waals surface area contributed by atoms with Gasteiger partial charge in [0.1, 0.15) is 17.9 Å². The van der Waals surface area contributed by atoms with Crippen LogP contribution in [0.4, 0.5) is 13.2 Å². The van der Waals surface area contributed by atoms with E-state index in [0.29, 0.717) is 0 Å². The second kappa shape index (κ2) is 9.32. The Bertz CT molecular complexity index is 875. The molecule has 0 spiro atoms. The minimum Gasteiger partial charge on any atom is -0.542 e. The highest BCUT2D eigenvalue weighted by molar-refractivity contribution is 7.15. The molecule has 27 heavy (non-hydrogen) atoms. The number of thiazole rings is 1. The smallest absolute Gasteiger partial charge is 0.430 e. The van der Waals surface area contributed by atoms with Gasteiger partial charge in [-0.3, -0.25) is 0 Å². The van der Waals surface area contributed by atoms with Crippen molar-refractivity contribution in [3.8, 4) is 21.7 Å². The number of aromatic nitrogens is 1. The summed E-state index contributed by atoms with van der Waals surface area (Å²) in [5, 5.41) is 10.1. The molecule has 0 aliphatic carbocycles. The fourth-order valence-corrected chi connectivity index (χ4v) is 3.41. The summed E-state index contributed by atoms with van der Waals surface area (Å²) >= 11 is 1.85. The summed E-state index contributed by atoms with van der Waals surface area (Å²) in [6.07, 6.45) is -5.19. The quantitative estimate of drug-likeness (QED) is 0.612. The zero-order chi connectivity index (χ0) is 19.3. The number of rotatable bonds is 2. The van der Waals surface area contributed by atoms with Crippen LogP contribution in [0.25, 0.3) is 21.7 Å². The second-order valence-corrected chi connectivity index (χ2v) is 6.58. The van der Waals surface area contributed by atoms with E-state index in [1.165, 1.54) is 26.7 Å². The van der Waals surface area contributed by atoms with Gasteiger partial charge in [0.15, 0.2) is 0 Å². The molecule has 144 valence electrons. The van der Waals surface area contributed by atoms with Gasteiger partial charge in [0.2, 0.25) is 10.7 Å². The van der Waals surface area contributed by atoms with Crippen molar-refractivity contribution in [1.82, 2.24) is 0 Å². The minimum atomic E-state index is -5.19. The van der Waals surface area contributed by atoms with Crippen LogP contribution in [0.2, 0.25) is 0 Å². The largest absolute Gasteiger partial charge is 0.542 e. The van der Waals surface area contributed by atoms with E-state index < -0.39 is 12.1 Å². The topological polar surface area (TPSA) is 44.0 Å². The van der Waals surface area contributed by atoms with Crippen LogP contribution in [0.3, 0.4) is 0 Å². The number of carboxylic acids is 1. The summed E-state index contributed by atoms with van der Waals surface area (Å²) < 4.78 is 33.8. The van der Waals surface area contributed by atoms with Crippen LogP contribution in [0.1, 0.15) is 12.4 Å². The Balaban J connectivity index is 0.000000395. The monoisotopic (exact) mass is 395 g/mol. The van der Waals surface area contributed by atoms with Gasteiger partial charge in [-0.05, 0) is 17.7 Å². The first-order valence-corrected chi connectivity index (χ1v) is 8.42. The highest BCUT2D eigenvalue weighted by Gasteiger charge is 2.28. The van der Waals surface area contributed by atoms with E-state index in [1.54, 1.807) is 0 Å². The van der Waals surface area contributed by atoms with Crippen molar-refractivity contribution in [2.24, 2.45) is 7.05 Å². The molecule has 0 atom stereocenters. The first kappa shape index (κ1) is 22.4. The number of carbonyl (C=O) groups is 1. The molecule has 0 aliphatic rings. The van der Waals surface area contributed by atoms with Gasteiger partial charge in [0.05, 0.1) is 0 Å². The average molecular weight is 395 g/mol. The Morgan fingerprint density at radius 3 is 1.78 bits per heavy atom. The molecule has 0 unspecified atom stereocenters. The van der Waals surface area contributed by atoms with Crippen molar-refractivity contribution >= 4 is 17.3 Å². The zero-order valence-corrected chi connectivity index (χ0v) is 14.9. The van der Waals surface area contributed by atoms with E-state index in [1.807, 2.05) is 11.3 Å². The van der Waals surface area contributed by atoms with Gasteiger partial charge in [0, 0.05) is 12.5 Å².